The van der Waals surface area contributed by atoms with Gasteiger partial charge in [-0.05, 0) is 29.8 Å². The summed E-state index contributed by atoms with van der Waals surface area (Å²) in [5.41, 5.74) is 8.27. The normalized spacial score (nSPS) is 12.0. The Hall–Kier alpha value is -1.52. The Morgan fingerprint density at radius 1 is 1.00 bits per heavy atom. The van der Waals surface area contributed by atoms with Gasteiger partial charge in [0.1, 0.15) is 11.5 Å². The molecule has 3 nitrogen and oxygen atoms in total. The highest BCUT2D eigenvalue weighted by atomic mass is 79.9. The lowest BCUT2D eigenvalue weighted by Crippen LogP contribution is -2.13. The Morgan fingerprint density at radius 2 is 1.68 bits per heavy atom. The van der Waals surface area contributed by atoms with E-state index in [1.54, 1.807) is 14.2 Å². The van der Waals surface area contributed by atoms with Crippen LogP contribution in [0.5, 0.6) is 11.5 Å². The first-order chi connectivity index (χ1) is 9.15. The van der Waals surface area contributed by atoms with Gasteiger partial charge in [0.05, 0.1) is 20.3 Å². The zero-order valence-electron chi connectivity index (χ0n) is 10.9. The lowest BCUT2D eigenvalue weighted by atomic mass is 9.99. The molecule has 0 heterocycles. The first-order valence-electron chi connectivity index (χ1n) is 5.88. The van der Waals surface area contributed by atoms with Crippen LogP contribution in [0, 0.1) is 0 Å². The van der Waals surface area contributed by atoms with Gasteiger partial charge in [-0.25, -0.2) is 0 Å². The fourth-order valence-corrected chi connectivity index (χ4v) is 2.27. The molecule has 0 bridgehead atoms. The van der Waals surface area contributed by atoms with E-state index >= 15 is 0 Å². The molecule has 19 heavy (non-hydrogen) atoms. The minimum Gasteiger partial charge on any atom is -0.497 e. The van der Waals surface area contributed by atoms with Gasteiger partial charge in [-0.1, -0.05) is 34.1 Å². The zero-order chi connectivity index (χ0) is 13.8. The second-order valence-electron chi connectivity index (χ2n) is 4.14. The summed E-state index contributed by atoms with van der Waals surface area (Å²) in [6.07, 6.45) is 0. The number of ether oxygens (including phenoxy) is 2. The number of hydrogen-bond donors (Lipinski definition) is 1. The second-order valence-corrected chi connectivity index (χ2v) is 5.05. The molecule has 0 saturated carbocycles. The maximum atomic E-state index is 6.30. The molecular weight excluding hydrogens is 306 g/mol. The van der Waals surface area contributed by atoms with Crippen molar-refractivity contribution in [3.63, 3.8) is 0 Å². The van der Waals surface area contributed by atoms with Crippen LogP contribution in [0.25, 0.3) is 0 Å². The molecule has 100 valence electrons. The maximum Gasteiger partial charge on any atom is 0.125 e. The van der Waals surface area contributed by atoms with E-state index in [0.29, 0.717) is 0 Å². The summed E-state index contributed by atoms with van der Waals surface area (Å²) in [7, 11) is 3.29. The highest BCUT2D eigenvalue weighted by molar-refractivity contribution is 9.10. The van der Waals surface area contributed by atoms with Gasteiger partial charge < -0.3 is 15.2 Å². The van der Waals surface area contributed by atoms with Gasteiger partial charge in [0.2, 0.25) is 0 Å². The zero-order valence-corrected chi connectivity index (χ0v) is 12.5. The number of halogens is 1. The van der Waals surface area contributed by atoms with Gasteiger partial charge in [0, 0.05) is 10.0 Å². The predicted molar refractivity (Wildman–Crippen MR) is 79.7 cm³/mol. The average molecular weight is 322 g/mol. The summed E-state index contributed by atoms with van der Waals surface area (Å²) < 4.78 is 11.5. The standard InChI is InChI=1S/C15H16BrNO2/c1-18-12-6-3-10(4-7-12)15(17)13-8-5-11(16)9-14(13)19-2/h3-9,15H,17H2,1-2H3. The van der Waals surface area contributed by atoms with Crippen molar-refractivity contribution in [2.45, 2.75) is 6.04 Å². The van der Waals surface area contributed by atoms with Gasteiger partial charge >= 0.3 is 0 Å². The lowest BCUT2D eigenvalue weighted by molar-refractivity contribution is 0.407. The van der Waals surface area contributed by atoms with Crippen molar-refractivity contribution >= 4 is 15.9 Å². The van der Waals surface area contributed by atoms with Crippen LogP contribution in [0.1, 0.15) is 17.2 Å². The Kier molecular flexibility index (Phi) is 4.45. The SMILES string of the molecule is COc1ccc(C(N)c2ccc(Br)cc2OC)cc1. The van der Waals surface area contributed by atoms with Crippen LogP contribution in [-0.2, 0) is 0 Å². The molecular formula is C15H16BrNO2. The Balaban J connectivity index is 2.34. The molecule has 0 amide bonds. The quantitative estimate of drug-likeness (QED) is 0.937. The third kappa shape index (κ3) is 3.08. The molecule has 0 aliphatic rings. The molecule has 2 aromatic carbocycles. The Labute approximate surface area is 121 Å². The van der Waals surface area contributed by atoms with Crippen LogP contribution >= 0.6 is 15.9 Å². The molecule has 0 aliphatic heterocycles. The number of nitrogens with two attached hydrogens (primary N) is 1. The van der Waals surface area contributed by atoms with Gasteiger partial charge in [-0.3, -0.25) is 0 Å². The van der Waals surface area contributed by atoms with E-state index in [2.05, 4.69) is 15.9 Å². The molecule has 2 N–H and O–H groups in total. The van der Waals surface area contributed by atoms with Gasteiger partial charge in [-0.2, -0.15) is 0 Å². The summed E-state index contributed by atoms with van der Waals surface area (Å²) in [5.74, 6) is 1.59. The number of benzene rings is 2. The molecule has 2 aromatic rings. The fraction of sp³-hybridized carbons (Fsp3) is 0.200. The molecule has 0 radical (unpaired) electrons. The highest BCUT2D eigenvalue weighted by Gasteiger charge is 2.14. The Bertz CT molecular complexity index is 555. The van der Waals surface area contributed by atoms with E-state index in [-0.39, 0.29) is 6.04 Å². The van der Waals surface area contributed by atoms with Gasteiger partial charge in [0.25, 0.3) is 0 Å². The average Bonchev–Trinajstić information content (AvgIpc) is 2.46. The van der Waals surface area contributed by atoms with Gasteiger partial charge in [0.15, 0.2) is 0 Å². The van der Waals surface area contributed by atoms with E-state index < -0.39 is 0 Å². The third-order valence-electron chi connectivity index (χ3n) is 3.01. The van der Waals surface area contributed by atoms with E-state index in [4.69, 9.17) is 15.2 Å². The van der Waals surface area contributed by atoms with E-state index in [1.165, 1.54) is 0 Å². The molecule has 0 spiro atoms. The van der Waals surface area contributed by atoms with Crippen molar-refractivity contribution in [3.05, 3.63) is 58.1 Å². The monoisotopic (exact) mass is 321 g/mol. The highest BCUT2D eigenvalue weighted by Crippen LogP contribution is 2.31. The predicted octanol–water partition coefficient (Wildman–Crippen LogP) is 3.51. The van der Waals surface area contributed by atoms with Gasteiger partial charge in [-0.15, -0.1) is 0 Å². The molecule has 4 heteroatoms. The van der Waals surface area contributed by atoms with Crippen molar-refractivity contribution in [2.24, 2.45) is 5.73 Å². The molecule has 0 aromatic heterocycles. The molecule has 1 unspecified atom stereocenters. The van der Waals surface area contributed by atoms with Crippen LogP contribution in [-0.4, -0.2) is 14.2 Å². The van der Waals surface area contributed by atoms with Crippen LogP contribution in [0.4, 0.5) is 0 Å². The molecule has 0 aliphatic carbocycles. The summed E-state index contributed by atoms with van der Waals surface area (Å²) in [4.78, 5) is 0. The van der Waals surface area contributed by atoms with Crippen molar-refractivity contribution in [3.8, 4) is 11.5 Å². The first-order valence-corrected chi connectivity index (χ1v) is 6.68. The lowest BCUT2D eigenvalue weighted by Gasteiger charge is -2.16. The van der Waals surface area contributed by atoms with Crippen LogP contribution in [0.3, 0.4) is 0 Å². The summed E-state index contributed by atoms with van der Waals surface area (Å²) >= 11 is 3.42. The van der Waals surface area contributed by atoms with Crippen LogP contribution in [0.15, 0.2) is 46.9 Å². The minimum absolute atomic E-state index is 0.228. The Morgan fingerprint density at radius 3 is 2.26 bits per heavy atom. The number of methoxy groups -OCH3 is 2. The summed E-state index contributed by atoms with van der Waals surface area (Å²) in [6, 6.07) is 13.4. The summed E-state index contributed by atoms with van der Waals surface area (Å²) in [5, 5.41) is 0. The van der Waals surface area contributed by atoms with Crippen LogP contribution in [0.2, 0.25) is 0 Å². The number of rotatable bonds is 4. The first kappa shape index (κ1) is 13.9. The number of hydrogen-bond acceptors (Lipinski definition) is 3. The largest absolute Gasteiger partial charge is 0.497 e. The molecule has 0 saturated heterocycles. The van der Waals surface area contributed by atoms with Crippen LogP contribution < -0.4 is 15.2 Å². The molecule has 1 atom stereocenters. The van der Waals surface area contributed by atoms with E-state index in [9.17, 15) is 0 Å². The maximum absolute atomic E-state index is 6.30. The molecule has 2 rings (SSSR count). The van der Waals surface area contributed by atoms with E-state index in [1.807, 2.05) is 42.5 Å². The molecule has 0 fully saturated rings. The summed E-state index contributed by atoms with van der Waals surface area (Å²) in [6.45, 7) is 0. The smallest absolute Gasteiger partial charge is 0.125 e. The fourth-order valence-electron chi connectivity index (χ4n) is 1.93. The van der Waals surface area contributed by atoms with Crippen molar-refractivity contribution < 1.29 is 9.47 Å². The topological polar surface area (TPSA) is 44.5 Å². The van der Waals surface area contributed by atoms with Crippen molar-refractivity contribution in [1.29, 1.82) is 0 Å². The second kappa shape index (κ2) is 6.08. The van der Waals surface area contributed by atoms with Crippen molar-refractivity contribution in [2.75, 3.05) is 14.2 Å². The van der Waals surface area contributed by atoms with E-state index in [0.717, 1.165) is 27.1 Å². The van der Waals surface area contributed by atoms with Crippen molar-refractivity contribution in [1.82, 2.24) is 0 Å². The minimum atomic E-state index is -0.228. The third-order valence-corrected chi connectivity index (χ3v) is 3.50.